The largest absolute Gasteiger partial charge is 0.508 e. The van der Waals surface area contributed by atoms with E-state index in [1.807, 2.05) is 16.7 Å². The van der Waals surface area contributed by atoms with Crippen molar-refractivity contribution in [2.45, 2.75) is 51.3 Å². The van der Waals surface area contributed by atoms with E-state index in [2.05, 4.69) is 29.6 Å². The molecule has 0 radical (unpaired) electrons. The Labute approximate surface area is 188 Å². The van der Waals surface area contributed by atoms with Crippen molar-refractivity contribution in [1.29, 1.82) is 0 Å². The molecule has 0 bridgehead atoms. The second kappa shape index (κ2) is 8.91. The molecule has 2 N–H and O–H groups in total. The van der Waals surface area contributed by atoms with Crippen LogP contribution in [0.4, 0.5) is 4.79 Å². The lowest BCUT2D eigenvalue weighted by atomic mass is 10.1. The number of likely N-dealkylation sites (tertiary alicyclic amines) is 1. The van der Waals surface area contributed by atoms with Crippen LogP contribution in [0.1, 0.15) is 24.7 Å². The molecule has 1 fully saturated rings. The maximum atomic E-state index is 11.7. The molecule has 3 heterocycles. The number of hydrogen-bond acceptors (Lipinski definition) is 5. The normalized spacial score (nSPS) is 16.7. The predicted molar refractivity (Wildman–Crippen MR) is 125 cm³/mol. The lowest BCUT2D eigenvalue weighted by molar-refractivity contribution is 0.0815. The van der Waals surface area contributed by atoms with E-state index in [1.54, 1.807) is 24.5 Å². The lowest BCUT2D eigenvalue weighted by Gasteiger charge is -2.23. The number of phenolic OH excluding ortho intramolecular Hbond substituents is 1. The molecule has 0 saturated carbocycles. The molecule has 0 unspecified atom stereocenters. The van der Waals surface area contributed by atoms with E-state index in [0.717, 1.165) is 35.5 Å². The number of phenols is 1. The SMILES string of the molecule is C[Si](C)(C)CCOCn1c(-c2cnc3cc(O)ccc3c2)cnc1[C@@H]1CCCN1C(=O)O. The van der Waals surface area contributed by atoms with Gasteiger partial charge in [0.15, 0.2) is 0 Å². The van der Waals surface area contributed by atoms with E-state index in [4.69, 9.17) is 4.74 Å². The standard InChI is InChI=1S/C23H30N4O4Si/c1-32(2,3)10-9-31-15-27-21(14-25-22(27)20-5-4-8-26(20)23(29)30)17-11-16-6-7-18(28)12-19(16)24-13-17/h6-7,11-14,20,28H,4-5,8-10,15H2,1-3H3,(H,29,30)/t20-/m0/s1. The highest BCUT2D eigenvalue weighted by molar-refractivity contribution is 6.76. The van der Waals surface area contributed by atoms with Gasteiger partial charge in [-0.15, -0.1) is 0 Å². The summed E-state index contributed by atoms with van der Waals surface area (Å²) in [4.78, 5) is 22.4. The van der Waals surface area contributed by atoms with Crippen molar-refractivity contribution in [2.24, 2.45) is 0 Å². The van der Waals surface area contributed by atoms with Crippen LogP contribution in [0.15, 0.2) is 36.7 Å². The second-order valence-corrected chi connectivity index (χ2v) is 15.1. The number of benzene rings is 1. The van der Waals surface area contributed by atoms with Crippen LogP contribution in [0.25, 0.3) is 22.2 Å². The summed E-state index contributed by atoms with van der Waals surface area (Å²) in [6.45, 7) is 8.42. The summed E-state index contributed by atoms with van der Waals surface area (Å²) in [5.74, 6) is 0.884. The first-order chi connectivity index (χ1) is 15.2. The topological polar surface area (TPSA) is 101 Å². The van der Waals surface area contributed by atoms with E-state index in [9.17, 15) is 15.0 Å². The zero-order chi connectivity index (χ0) is 22.9. The summed E-state index contributed by atoms with van der Waals surface area (Å²) >= 11 is 0. The summed E-state index contributed by atoms with van der Waals surface area (Å²) in [5.41, 5.74) is 2.42. The number of rotatable bonds is 7. The van der Waals surface area contributed by atoms with Crippen molar-refractivity contribution < 1.29 is 19.7 Å². The van der Waals surface area contributed by atoms with Gasteiger partial charge in [-0.2, -0.15) is 0 Å². The number of aromatic nitrogens is 3. The average molecular weight is 455 g/mol. The van der Waals surface area contributed by atoms with Gasteiger partial charge < -0.3 is 19.5 Å². The summed E-state index contributed by atoms with van der Waals surface area (Å²) in [6, 6.07) is 7.87. The van der Waals surface area contributed by atoms with Crippen LogP contribution >= 0.6 is 0 Å². The van der Waals surface area contributed by atoms with Crippen molar-refractivity contribution in [3.05, 3.63) is 42.5 Å². The fourth-order valence-corrected chi connectivity index (χ4v) is 4.83. The number of hydrogen-bond donors (Lipinski definition) is 2. The van der Waals surface area contributed by atoms with Gasteiger partial charge in [0.2, 0.25) is 0 Å². The van der Waals surface area contributed by atoms with E-state index in [-0.39, 0.29) is 11.8 Å². The van der Waals surface area contributed by atoms with Gasteiger partial charge in [-0.05, 0) is 37.1 Å². The Kier molecular flexibility index (Phi) is 6.21. The summed E-state index contributed by atoms with van der Waals surface area (Å²) in [6.07, 6.45) is 4.17. The number of ether oxygens (including phenoxy) is 1. The number of amides is 1. The van der Waals surface area contributed by atoms with Crippen LogP contribution in [0.2, 0.25) is 25.7 Å². The Morgan fingerprint density at radius 1 is 1.22 bits per heavy atom. The summed E-state index contributed by atoms with van der Waals surface area (Å²) in [5, 5.41) is 20.3. The summed E-state index contributed by atoms with van der Waals surface area (Å²) < 4.78 is 8.04. The Morgan fingerprint density at radius 3 is 2.78 bits per heavy atom. The molecular formula is C23H30N4O4Si. The number of pyridine rings is 1. The second-order valence-electron chi connectivity index (χ2n) is 9.51. The van der Waals surface area contributed by atoms with Gasteiger partial charge in [0.25, 0.3) is 0 Å². The molecule has 1 aliphatic rings. The van der Waals surface area contributed by atoms with Crippen LogP contribution in [0.5, 0.6) is 5.75 Å². The minimum atomic E-state index is -1.22. The van der Waals surface area contributed by atoms with Crippen molar-refractivity contribution in [2.75, 3.05) is 13.2 Å². The number of fused-ring (bicyclic) bond motifs is 1. The van der Waals surface area contributed by atoms with E-state index < -0.39 is 14.2 Å². The average Bonchev–Trinajstić information content (AvgIpc) is 3.37. The van der Waals surface area contributed by atoms with Crippen LogP contribution < -0.4 is 0 Å². The van der Waals surface area contributed by atoms with E-state index >= 15 is 0 Å². The van der Waals surface area contributed by atoms with Gasteiger partial charge >= 0.3 is 6.09 Å². The first-order valence-electron chi connectivity index (χ1n) is 10.9. The zero-order valence-corrected chi connectivity index (χ0v) is 19.8. The Bertz CT molecular complexity index is 1120. The van der Waals surface area contributed by atoms with Crippen molar-refractivity contribution >= 4 is 25.1 Å². The third-order valence-electron chi connectivity index (χ3n) is 5.86. The molecule has 1 aromatic carbocycles. The number of nitrogens with zero attached hydrogens (tertiary/aromatic N) is 4. The van der Waals surface area contributed by atoms with Crippen LogP contribution in [0, 0.1) is 0 Å². The fraction of sp³-hybridized carbons (Fsp3) is 0.435. The number of imidazole rings is 1. The van der Waals surface area contributed by atoms with Crippen molar-refractivity contribution in [1.82, 2.24) is 19.4 Å². The molecule has 9 heteroatoms. The zero-order valence-electron chi connectivity index (χ0n) is 18.8. The maximum Gasteiger partial charge on any atom is 0.407 e. The molecule has 1 atom stereocenters. The maximum absolute atomic E-state index is 11.7. The number of aromatic hydroxyl groups is 1. The fourth-order valence-electron chi connectivity index (χ4n) is 4.07. The molecule has 1 aliphatic heterocycles. The van der Waals surface area contributed by atoms with Crippen LogP contribution in [-0.4, -0.2) is 57.0 Å². The van der Waals surface area contributed by atoms with E-state index in [0.29, 0.717) is 31.2 Å². The first-order valence-corrected chi connectivity index (χ1v) is 14.7. The minimum absolute atomic E-state index is 0.177. The monoisotopic (exact) mass is 454 g/mol. The van der Waals surface area contributed by atoms with Gasteiger partial charge in [0.1, 0.15) is 18.3 Å². The highest BCUT2D eigenvalue weighted by atomic mass is 28.3. The molecule has 0 aliphatic carbocycles. The third kappa shape index (κ3) is 4.78. The number of carboxylic acid groups (broad SMARTS) is 1. The molecule has 1 saturated heterocycles. The molecular weight excluding hydrogens is 424 g/mol. The lowest BCUT2D eigenvalue weighted by Crippen LogP contribution is -2.31. The highest BCUT2D eigenvalue weighted by Crippen LogP contribution is 2.34. The number of carbonyl (C=O) groups is 1. The highest BCUT2D eigenvalue weighted by Gasteiger charge is 2.33. The quantitative estimate of drug-likeness (QED) is 0.388. The minimum Gasteiger partial charge on any atom is -0.508 e. The Balaban J connectivity index is 1.69. The molecule has 32 heavy (non-hydrogen) atoms. The van der Waals surface area contributed by atoms with Gasteiger partial charge in [0.05, 0.1) is 23.4 Å². The van der Waals surface area contributed by atoms with Gasteiger partial charge in [-0.1, -0.05) is 19.6 Å². The molecule has 4 rings (SSSR count). The van der Waals surface area contributed by atoms with E-state index in [1.165, 1.54) is 4.90 Å². The first kappa shape index (κ1) is 22.3. The summed E-state index contributed by atoms with van der Waals surface area (Å²) in [7, 11) is -1.22. The predicted octanol–water partition coefficient (Wildman–Crippen LogP) is 4.93. The Morgan fingerprint density at radius 2 is 2.03 bits per heavy atom. The van der Waals surface area contributed by atoms with Crippen LogP contribution in [0.3, 0.4) is 0 Å². The molecule has 2 aromatic heterocycles. The van der Waals surface area contributed by atoms with Gasteiger partial charge in [0, 0.05) is 44.4 Å². The molecule has 0 spiro atoms. The molecule has 8 nitrogen and oxygen atoms in total. The van der Waals surface area contributed by atoms with Crippen molar-refractivity contribution in [3.8, 4) is 17.0 Å². The van der Waals surface area contributed by atoms with Crippen molar-refractivity contribution in [3.63, 3.8) is 0 Å². The third-order valence-corrected chi connectivity index (χ3v) is 7.57. The molecule has 1 amide bonds. The van der Waals surface area contributed by atoms with Crippen LogP contribution in [-0.2, 0) is 11.5 Å². The Hall–Kier alpha value is -2.91. The van der Waals surface area contributed by atoms with Gasteiger partial charge in [-0.25, -0.2) is 9.78 Å². The van der Waals surface area contributed by atoms with Gasteiger partial charge in [-0.3, -0.25) is 9.88 Å². The smallest absolute Gasteiger partial charge is 0.407 e. The molecule has 170 valence electrons. The molecule has 3 aromatic rings.